The average molecular weight is 209 g/mol. The fourth-order valence-corrected chi connectivity index (χ4v) is 2.65. The summed E-state index contributed by atoms with van der Waals surface area (Å²) in [4.78, 5) is 2.46. The Kier molecular flexibility index (Phi) is 3.57. The summed E-state index contributed by atoms with van der Waals surface area (Å²) in [6, 6.07) is 2.36. The second-order valence-corrected chi connectivity index (χ2v) is 4.47. The van der Waals surface area contributed by atoms with Gasteiger partial charge in [0.25, 0.3) is 0 Å². The van der Waals surface area contributed by atoms with Crippen LogP contribution >= 0.6 is 0 Å². The van der Waals surface area contributed by atoms with Crippen molar-refractivity contribution in [3.8, 4) is 6.07 Å². The van der Waals surface area contributed by atoms with Crippen LogP contribution in [0, 0.1) is 11.3 Å². The Morgan fingerprint density at radius 3 is 3.20 bits per heavy atom. The van der Waals surface area contributed by atoms with E-state index in [2.05, 4.69) is 11.0 Å². The zero-order chi connectivity index (χ0) is 10.7. The largest absolute Gasteiger partial charge is 0.375 e. The summed E-state index contributed by atoms with van der Waals surface area (Å²) >= 11 is 0. The molecule has 4 nitrogen and oxygen atoms in total. The third kappa shape index (κ3) is 2.49. The van der Waals surface area contributed by atoms with E-state index in [9.17, 15) is 0 Å². The van der Waals surface area contributed by atoms with Crippen LogP contribution in [0.3, 0.4) is 0 Å². The first kappa shape index (κ1) is 10.9. The molecule has 3 atom stereocenters. The van der Waals surface area contributed by atoms with Crippen molar-refractivity contribution in [3.05, 3.63) is 0 Å². The van der Waals surface area contributed by atoms with E-state index in [1.165, 1.54) is 19.3 Å². The van der Waals surface area contributed by atoms with Crippen LogP contribution in [0.4, 0.5) is 0 Å². The average Bonchev–Trinajstić information content (AvgIpc) is 2.74. The molecule has 2 rings (SSSR count). The summed E-state index contributed by atoms with van der Waals surface area (Å²) < 4.78 is 5.73. The lowest BCUT2D eigenvalue weighted by Gasteiger charge is -2.37. The second kappa shape index (κ2) is 4.93. The van der Waals surface area contributed by atoms with Crippen molar-refractivity contribution in [1.29, 1.82) is 5.26 Å². The molecule has 1 aliphatic carbocycles. The molecule has 3 unspecified atom stereocenters. The van der Waals surface area contributed by atoms with Gasteiger partial charge >= 0.3 is 0 Å². The number of rotatable bonds is 3. The Bertz CT molecular complexity index is 251. The summed E-state index contributed by atoms with van der Waals surface area (Å²) in [7, 11) is 0. The molecule has 84 valence electrons. The van der Waals surface area contributed by atoms with E-state index in [1.54, 1.807) is 0 Å². The molecule has 0 bridgehead atoms. The molecule has 1 saturated heterocycles. The number of nitrogens with two attached hydrogens (primary N) is 1. The van der Waals surface area contributed by atoms with E-state index >= 15 is 0 Å². The summed E-state index contributed by atoms with van der Waals surface area (Å²) in [5.41, 5.74) is 5.61. The van der Waals surface area contributed by atoms with Gasteiger partial charge in [0, 0.05) is 19.1 Å². The van der Waals surface area contributed by atoms with E-state index < -0.39 is 0 Å². The molecule has 0 spiro atoms. The van der Waals surface area contributed by atoms with Crippen LogP contribution in [0.5, 0.6) is 0 Å². The first-order valence-electron chi connectivity index (χ1n) is 5.82. The molecule has 0 aromatic carbocycles. The van der Waals surface area contributed by atoms with Crippen molar-refractivity contribution in [2.24, 2.45) is 5.73 Å². The Balaban J connectivity index is 1.83. The van der Waals surface area contributed by atoms with Crippen LogP contribution in [0.1, 0.15) is 25.7 Å². The maximum Gasteiger partial charge on any atom is 0.0940 e. The monoisotopic (exact) mass is 209 g/mol. The fourth-order valence-electron chi connectivity index (χ4n) is 2.65. The molecule has 15 heavy (non-hydrogen) atoms. The number of hydrogen-bond donors (Lipinski definition) is 1. The van der Waals surface area contributed by atoms with E-state index in [1.807, 2.05) is 0 Å². The summed E-state index contributed by atoms with van der Waals surface area (Å²) in [6.07, 6.45) is 4.94. The molecule has 0 aromatic heterocycles. The molecule has 1 heterocycles. The van der Waals surface area contributed by atoms with Crippen molar-refractivity contribution in [2.45, 2.75) is 43.9 Å². The molecule has 0 amide bonds. The van der Waals surface area contributed by atoms with Crippen molar-refractivity contribution in [1.82, 2.24) is 4.90 Å². The van der Waals surface area contributed by atoms with Gasteiger partial charge in [-0.25, -0.2) is 0 Å². The molecular formula is C11H19N3O. The predicted molar refractivity (Wildman–Crippen MR) is 57.2 cm³/mol. The van der Waals surface area contributed by atoms with Crippen LogP contribution in [0.25, 0.3) is 0 Å². The molecule has 4 heteroatoms. The SMILES string of the molecule is N#CC(N)CCN1CCOC2CCCC21. The summed E-state index contributed by atoms with van der Waals surface area (Å²) in [6.45, 7) is 2.78. The van der Waals surface area contributed by atoms with Crippen molar-refractivity contribution < 1.29 is 4.74 Å². The number of nitriles is 1. The Morgan fingerprint density at radius 1 is 1.53 bits per heavy atom. The first-order valence-corrected chi connectivity index (χ1v) is 5.82. The normalized spacial score (nSPS) is 33.3. The Morgan fingerprint density at radius 2 is 2.40 bits per heavy atom. The molecule has 0 aromatic rings. The smallest absolute Gasteiger partial charge is 0.0940 e. The van der Waals surface area contributed by atoms with Gasteiger partial charge in [0.05, 0.1) is 24.8 Å². The summed E-state index contributed by atoms with van der Waals surface area (Å²) in [5.74, 6) is 0. The van der Waals surface area contributed by atoms with Crippen molar-refractivity contribution in [2.75, 3.05) is 19.7 Å². The van der Waals surface area contributed by atoms with Crippen molar-refractivity contribution >= 4 is 0 Å². The van der Waals surface area contributed by atoms with E-state index in [-0.39, 0.29) is 6.04 Å². The highest BCUT2D eigenvalue weighted by atomic mass is 16.5. The molecule has 2 aliphatic rings. The maximum absolute atomic E-state index is 8.63. The Hall–Kier alpha value is -0.630. The van der Waals surface area contributed by atoms with Gasteiger partial charge in [0.15, 0.2) is 0 Å². The quantitative estimate of drug-likeness (QED) is 0.734. The molecule has 1 saturated carbocycles. The Labute approximate surface area is 91.0 Å². The number of hydrogen-bond acceptors (Lipinski definition) is 4. The maximum atomic E-state index is 8.63. The van der Waals surface area contributed by atoms with Gasteiger partial charge in [-0.3, -0.25) is 4.90 Å². The highest BCUT2D eigenvalue weighted by Crippen LogP contribution is 2.29. The van der Waals surface area contributed by atoms with Gasteiger partial charge in [-0.2, -0.15) is 5.26 Å². The van der Waals surface area contributed by atoms with Gasteiger partial charge in [0.2, 0.25) is 0 Å². The lowest BCUT2D eigenvalue weighted by molar-refractivity contribution is -0.0558. The molecule has 1 aliphatic heterocycles. The van der Waals surface area contributed by atoms with E-state index in [0.717, 1.165) is 26.1 Å². The lowest BCUT2D eigenvalue weighted by atomic mass is 10.1. The molecule has 2 N–H and O–H groups in total. The number of nitrogens with zero attached hydrogens (tertiary/aromatic N) is 2. The minimum absolute atomic E-state index is 0.312. The zero-order valence-corrected chi connectivity index (χ0v) is 9.06. The van der Waals surface area contributed by atoms with Gasteiger partial charge in [-0.05, 0) is 25.7 Å². The van der Waals surface area contributed by atoms with Crippen LogP contribution in [0.2, 0.25) is 0 Å². The predicted octanol–water partition coefficient (Wildman–Crippen LogP) is 0.481. The third-order valence-electron chi connectivity index (χ3n) is 3.49. The van der Waals surface area contributed by atoms with Gasteiger partial charge in [0.1, 0.15) is 0 Å². The number of morpholine rings is 1. The second-order valence-electron chi connectivity index (χ2n) is 4.47. The number of ether oxygens (including phenoxy) is 1. The molecule has 2 fully saturated rings. The minimum Gasteiger partial charge on any atom is -0.375 e. The summed E-state index contributed by atoms with van der Waals surface area (Å²) in [5, 5.41) is 8.63. The van der Waals surface area contributed by atoms with Crippen LogP contribution < -0.4 is 5.73 Å². The van der Waals surface area contributed by atoms with Crippen LogP contribution in [-0.4, -0.2) is 42.8 Å². The molecule has 0 radical (unpaired) electrons. The van der Waals surface area contributed by atoms with Crippen molar-refractivity contribution in [3.63, 3.8) is 0 Å². The van der Waals surface area contributed by atoms with E-state index in [0.29, 0.717) is 12.1 Å². The fraction of sp³-hybridized carbons (Fsp3) is 0.909. The zero-order valence-electron chi connectivity index (χ0n) is 9.06. The standard InChI is InChI=1S/C11H19N3O/c12-8-9(13)4-5-14-6-7-15-11-3-1-2-10(11)14/h9-11H,1-7,13H2. The highest BCUT2D eigenvalue weighted by molar-refractivity contribution is 4.92. The first-order chi connectivity index (χ1) is 7.31. The lowest BCUT2D eigenvalue weighted by Crippen LogP contribution is -2.49. The van der Waals surface area contributed by atoms with Gasteiger partial charge in [-0.1, -0.05) is 0 Å². The number of fused-ring (bicyclic) bond motifs is 1. The molecular weight excluding hydrogens is 190 g/mol. The van der Waals surface area contributed by atoms with Gasteiger partial charge < -0.3 is 10.5 Å². The topological polar surface area (TPSA) is 62.3 Å². The highest BCUT2D eigenvalue weighted by Gasteiger charge is 2.35. The van der Waals surface area contributed by atoms with E-state index in [4.69, 9.17) is 15.7 Å². The van der Waals surface area contributed by atoms with Gasteiger partial charge in [-0.15, -0.1) is 0 Å². The van der Waals surface area contributed by atoms with Crippen LogP contribution in [0.15, 0.2) is 0 Å². The minimum atomic E-state index is -0.312. The third-order valence-corrected chi connectivity index (χ3v) is 3.49. The van der Waals surface area contributed by atoms with Crippen LogP contribution in [-0.2, 0) is 4.74 Å².